The van der Waals surface area contributed by atoms with Crippen LogP contribution in [0.2, 0.25) is 0 Å². The lowest BCUT2D eigenvalue weighted by Gasteiger charge is -2.37. The molecule has 2 unspecified atom stereocenters. The molecule has 2 atom stereocenters. The van der Waals surface area contributed by atoms with Crippen molar-refractivity contribution in [1.82, 2.24) is 4.90 Å². The number of urea groups is 1. The van der Waals surface area contributed by atoms with E-state index in [2.05, 4.69) is 10.9 Å². The fraction of sp³-hybridized carbons (Fsp3) is 0.667. The summed E-state index contributed by atoms with van der Waals surface area (Å²) in [6, 6.07) is -0.563. The van der Waals surface area contributed by atoms with E-state index in [-0.39, 0.29) is 12.1 Å². The molecule has 2 aliphatic rings. The average Bonchev–Trinajstić information content (AvgIpc) is 2.97. The maximum Gasteiger partial charge on any atom is 0.347 e. The Morgan fingerprint density at radius 2 is 2.38 bits per heavy atom. The zero-order valence-corrected chi connectivity index (χ0v) is 9.73. The molecule has 2 rings (SSSR count). The number of hydrogen-bond acceptors (Lipinski definition) is 2. The highest BCUT2D eigenvalue weighted by molar-refractivity contribution is 6.05. The van der Waals surface area contributed by atoms with E-state index in [0.717, 1.165) is 6.42 Å². The van der Waals surface area contributed by atoms with E-state index in [1.54, 1.807) is 4.90 Å². The van der Waals surface area contributed by atoms with Gasteiger partial charge in [0, 0.05) is 0 Å². The maximum atomic E-state index is 11.8. The number of carbonyl (C=O) groups is 1. The molecule has 1 fully saturated rings. The van der Waals surface area contributed by atoms with Crippen molar-refractivity contribution in [3.05, 3.63) is 0 Å². The predicted octanol–water partition coefficient (Wildman–Crippen LogP) is 1.36. The lowest BCUT2D eigenvalue weighted by Crippen LogP contribution is -2.55. The highest BCUT2D eigenvalue weighted by Gasteiger charge is 2.49. The van der Waals surface area contributed by atoms with E-state index in [0.29, 0.717) is 11.8 Å². The summed E-state index contributed by atoms with van der Waals surface area (Å²) in [6.07, 6.45) is 8.70. The summed E-state index contributed by atoms with van der Waals surface area (Å²) in [4.78, 5) is 17.3. The van der Waals surface area contributed by atoms with Gasteiger partial charge in [0.1, 0.15) is 11.4 Å². The molecule has 4 heteroatoms. The number of carbonyl (C=O) groups excluding carboxylic acids is 1. The number of rotatable bonds is 3. The zero-order valence-electron chi connectivity index (χ0n) is 9.73. The number of hydrogen-bond donors (Lipinski definition) is 1. The summed E-state index contributed by atoms with van der Waals surface area (Å²) in [5.41, 5.74) is 5.40. The van der Waals surface area contributed by atoms with Crippen molar-refractivity contribution >= 4 is 11.9 Å². The van der Waals surface area contributed by atoms with E-state index in [1.165, 1.54) is 12.8 Å². The molecule has 2 N–H and O–H groups in total. The van der Waals surface area contributed by atoms with Gasteiger partial charge in [0.25, 0.3) is 0 Å². The van der Waals surface area contributed by atoms with Crippen LogP contribution in [0.25, 0.3) is 0 Å². The molecule has 1 aliphatic heterocycles. The smallest absolute Gasteiger partial charge is 0.347 e. The molecule has 0 radical (unpaired) electrons. The van der Waals surface area contributed by atoms with E-state index in [9.17, 15) is 4.79 Å². The minimum absolute atomic E-state index is 0.263. The summed E-state index contributed by atoms with van der Waals surface area (Å²) in [6.45, 7) is 3.79. The van der Waals surface area contributed by atoms with Gasteiger partial charge in [-0.3, -0.25) is 4.90 Å². The normalized spacial score (nSPS) is 31.2. The Labute approximate surface area is 95.9 Å². The first-order valence-corrected chi connectivity index (χ1v) is 5.63. The van der Waals surface area contributed by atoms with Crippen molar-refractivity contribution in [2.45, 2.75) is 44.7 Å². The number of amides is 2. The molecule has 4 nitrogen and oxygen atoms in total. The van der Waals surface area contributed by atoms with Crippen LogP contribution in [0.3, 0.4) is 0 Å². The molecular weight excluding hydrogens is 202 g/mol. The van der Waals surface area contributed by atoms with Crippen LogP contribution in [0.1, 0.15) is 33.1 Å². The standard InChI is InChI=1S/C12H17N3O/c1-4-8(2)15-11(16)14-10(13)12(15,3)7-9-5-6-9/h1,8-9H,5-7H2,2-3H3,(H2,13,14,16). The second kappa shape index (κ2) is 3.51. The van der Waals surface area contributed by atoms with E-state index in [1.807, 2.05) is 13.8 Å². The largest absolute Gasteiger partial charge is 0.385 e. The van der Waals surface area contributed by atoms with Crippen molar-refractivity contribution in [3.8, 4) is 12.3 Å². The second-order valence-electron chi connectivity index (χ2n) is 4.91. The van der Waals surface area contributed by atoms with Gasteiger partial charge in [0.2, 0.25) is 0 Å². The van der Waals surface area contributed by atoms with Gasteiger partial charge in [0.15, 0.2) is 0 Å². The number of terminal acetylenes is 1. The summed E-state index contributed by atoms with van der Waals surface area (Å²) in [5, 5.41) is 0. The first-order valence-electron chi connectivity index (χ1n) is 5.63. The second-order valence-corrected chi connectivity index (χ2v) is 4.91. The minimum atomic E-state index is -0.482. The fourth-order valence-corrected chi connectivity index (χ4v) is 2.37. The van der Waals surface area contributed by atoms with Crippen molar-refractivity contribution in [3.63, 3.8) is 0 Å². The molecule has 0 aromatic heterocycles. The van der Waals surface area contributed by atoms with Gasteiger partial charge >= 0.3 is 6.03 Å². The first kappa shape index (κ1) is 11.0. The zero-order chi connectivity index (χ0) is 11.9. The van der Waals surface area contributed by atoms with Gasteiger partial charge < -0.3 is 5.73 Å². The summed E-state index contributed by atoms with van der Waals surface area (Å²) < 4.78 is 0. The van der Waals surface area contributed by atoms with Gasteiger partial charge in [-0.25, -0.2) is 4.79 Å². The Kier molecular flexibility index (Phi) is 2.42. The summed E-state index contributed by atoms with van der Waals surface area (Å²) in [7, 11) is 0. The molecule has 0 saturated heterocycles. The quantitative estimate of drug-likeness (QED) is 0.728. The molecule has 1 saturated carbocycles. The van der Waals surface area contributed by atoms with Gasteiger partial charge in [-0.15, -0.1) is 6.42 Å². The van der Waals surface area contributed by atoms with Crippen LogP contribution < -0.4 is 5.73 Å². The third-order valence-electron chi connectivity index (χ3n) is 3.52. The monoisotopic (exact) mass is 219 g/mol. The van der Waals surface area contributed by atoms with E-state index in [4.69, 9.17) is 12.2 Å². The Bertz CT molecular complexity index is 392. The Hall–Kier alpha value is -1.50. The molecule has 2 amide bonds. The molecule has 1 heterocycles. The SMILES string of the molecule is C#CC(C)N1C(=O)N=C(N)C1(C)CC1CC1. The van der Waals surface area contributed by atoms with Crippen LogP contribution in [0, 0.1) is 18.3 Å². The topological polar surface area (TPSA) is 58.7 Å². The lowest BCUT2D eigenvalue weighted by molar-refractivity contribution is 0.158. The van der Waals surface area contributed by atoms with E-state index < -0.39 is 5.54 Å². The molecule has 0 bridgehead atoms. The highest BCUT2D eigenvalue weighted by atomic mass is 16.2. The summed E-state index contributed by atoms with van der Waals surface area (Å²) in [5.74, 6) is 3.66. The minimum Gasteiger partial charge on any atom is -0.385 e. The van der Waals surface area contributed by atoms with Crippen molar-refractivity contribution in [2.24, 2.45) is 16.6 Å². The number of nitrogens with zero attached hydrogens (tertiary/aromatic N) is 2. The highest BCUT2D eigenvalue weighted by Crippen LogP contribution is 2.41. The number of amidine groups is 1. The third-order valence-corrected chi connectivity index (χ3v) is 3.52. The number of aliphatic imine (C=N–C) groups is 1. The van der Waals surface area contributed by atoms with Crippen LogP contribution >= 0.6 is 0 Å². The average molecular weight is 219 g/mol. The molecular formula is C12H17N3O. The maximum absolute atomic E-state index is 11.8. The predicted molar refractivity (Wildman–Crippen MR) is 62.9 cm³/mol. The lowest BCUT2D eigenvalue weighted by atomic mass is 9.91. The third kappa shape index (κ3) is 1.57. The Morgan fingerprint density at radius 3 is 2.88 bits per heavy atom. The fourth-order valence-electron chi connectivity index (χ4n) is 2.37. The number of nitrogens with two attached hydrogens (primary N) is 1. The van der Waals surface area contributed by atoms with Gasteiger partial charge in [-0.05, 0) is 26.2 Å². The van der Waals surface area contributed by atoms with Crippen LogP contribution in [-0.4, -0.2) is 28.3 Å². The van der Waals surface area contributed by atoms with Gasteiger partial charge in [-0.2, -0.15) is 4.99 Å². The Balaban J connectivity index is 2.27. The summed E-state index contributed by atoms with van der Waals surface area (Å²) >= 11 is 0. The van der Waals surface area contributed by atoms with Crippen molar-refractivity contribution in [2.75, 3.05) is 0 Å². The molecule has 0 spiro atoms. The molecule has 0 aromatic carbocycles. The van der Waals surface area contributed by atoms with E-state index >= 15 is 0 Å². The van der Waals surface area contributed by atoms with Crippen LogP contribution in [0.4, 0.5) is 4.79 Å². The van der Waals surface area contributed by atoms with Gasteiger partial charge in [-0.1, -0.05) is 18.8 Å². The van der Waals surface area contributed by atoms with Crippen LogP contribution in [0.15, 0.2) is 4.99 Å². The van der Waals surface area contributed by atoms with Crippen LogP contribution in [0.5, 0.6) is 0 Å². The van der Waals surface area contributed by atoms with Crippen LogP contribution in [-0.2, 0) is 0 Å². The van der Waals surface area contributed by atoms with Crippen molar-refractivity contribution < 1.29 is 4.79 Å². The molecule has 0 aromatic rings. The van der Waals surface area contributed by atoms with Gasteiger partial charge in [0.05, 0.1) is 6.04 Å². The molecule has 86 valence electrons. The van der Waals surface area contributed by atoms with Crippen molar-refractivity contribution in [1.29, 1.82) is 0 Å². The molecule has 1 aliphatic carbocycles. The Morgan fingerprint density at radius 1 is 1.75 bits per heavy atom. The molecule has 16 heavy (non-hydrogen) atoms. The first-order chi connectivity index (χ1) is 7.49.